The molecule has 100 valence electrons. The lowest BCUT2D eigenvalue weighted by molar-refractivity contribution is -0.131. The zero-order valence-electron chi connectivity index (χ0n) is 11.2. The van der Waals surface area contributed by atoms with Crippen molar-refractivity contribution in [2.24, 2.45) is 0 Å². The minimum absolute atomic E-state index is 0.242. The van der Waals surface area contributed by atoms with E-state index in [1.165, 1.54) is 17.7 Å². The van der Waals surface area contributed by atoms with E-state index in [1.807, 2.05) is 11.0 Å². The van der Waals surface area contributed by atoms with Crippen LogP contribution in [0.1, 0.15) is 38.0 Å². The van der Waals surface area contributed by atoms with Crippen molar-refractivity contribution in [2.75, 3.05) is 6.54 Å². The maximum absolute atomic E-state index is 12.2. The summed E-state index contributed by atoms with van der Waals surface area (Å²) in [6, 6.07) is 5.05. The molecule has 1 unspecified atom stereocenters. The van der Waals surface area contributed by atoms with Gasteiger partial charge >= 0.3 is 0 Å². The molecule has 0 aromatic carbocycles. The van der Waals surface area contributed by atoms with Crippen LogP contribution in [0.3, 0.4) is 0 Å². The number of hydrogen-bond donors (Lipinski definition) is 1. The van der Waals surface area contributed by atoms with Crippen molar-refractivity contribution in [1.29, 1.82) is 0 Å². The second kappa shape index (κ2) is 6.34. The third-order valence-electron chi connectivity index (χ3n) is 3.43. The Hall–Kier alpha value is -0.870. The number of nitrogens with one attached hydrogen (secondary N) is 1. The lowest BCUT2D eigenvalue weighted by atomic mass is 10.2. The highest BCUT2D eigenvalue weighted by molar-refractivity contribution is 7.09. The van der Waals surface area contributed by atoms with Crippen molar-refractivity contribution in [3.8, 4) is 0 Å². The highest BCUT2D eigenvalue weighted by Crippen LogP contribution is 2.29. The van der Waals surface area contributed by atoms with Gasteiger partial charge in [-0.25, -0.2) is 0 Å². The Bertz CT molecular complexity index is 373. The summed E-state index contributed by atoms with van der Waals surface area (Å²) >= 11 is 1.73. The first-order valence-electron chi connectivity index (χ1n) is 6.76. The SMILES string of the molecule is CCC(C)NCC(=O)N(Cc1cccs1)C1CC1. The van der Waals surface area contributed by atoms with Crippen LogP contribution in [0.2, 0.25) is 0 Å². The van der Waals surface area contributed by atoms with Gasteiger partial charge in [-0.05, 0) is 37.6 Å². The van der Waals surface area contributed by atoms with Gasteiger partial charge in [-0.2, -0.15) is 0 Å². The van der Waals surface area contributed by atoms with Gasteiger partial charge in [0.05, 0.1) is 13.1 Å². The van der Waals surface area contributed by atoms with Crippen molar-refractivity contribution < 1.29 is 4.79 Å². The van der Waals surface area contributed by atoms with Gasteiger partial charge in [0.25, 0.3) is 0 Å². The predicted molar refractivity (Wildman–Crippen MR) is 75.6 cm³/mol. The summed E-state index contributed by atoms with van der Waals surface area (Å²) in [4.78, 5) is 15.6. The summed E-state index contributed by atoms with van der Waals surface area (Å²) in [5, 5.41) is 5.36. The number of amides is 1. The van der Waals surface area contributed by atoms with Crippen LogP contribution < -0.4 is 5.32 Å². The van der Waals surface area contributed by atoms with Gasteiger partial charge < -0.3 is 10.2 Å². The molecular weight excluding hydrogens is 244 g/mol. The Morgan fingerprint density at radius 3 is 2.94 bits per heavy atom. The van der Waals surface area contributed by atoms with Gasteiger partial charge in [-0.15, -0.1) is 11.3 Å². The fourth-order valence-corrected chi connectivity index (χ4v) is 2.59. The highest BCUT2D eigenvalue weighted by Gasteiger charge is 2.32. The van der Waals surface area contributed by atoms with E-state index in [0.717, 1.165) is 13.0 Å². The third-order valence-corrected chi connectivity index (χ3v) is 4.29. The maximum atomic E-state index is 12.2. The van der Waals surface area contributed by atoms with E-state index in [2.05, 4.69) is 30.6 Å². The van der Waals surface area contributed by atoms with Crippen molar-refractivity contribution >= 4 is 17.2 Å². The summed E-state index contributed by atoms with van der Waals surface area (Å²) in [5.74, 6) is 0.242. The van der Waals surface area contributed by atoms with Crippen LogP contribution in [0.25, 0.3) is 0 Å². The molecule has 1 fully saturated rings. The van der Waals surface area contributed by atoms with E-state index in [4.69, 9.17) is 0 Å². The molecule has 0 aliphatic heterocycles. The molecule has 0 spiro atoms. The maximum Gasteiger partial charge on any atom is 0.237 e. The second-order valence-corrected chi connectivity index (χ2v) is 6.05. The first kappa shape index (κ1) is 13.6. The molecule has 1 N–H and O–H groups in total. The molecule has 3 nitrogen and oxygen atoms in total. The van der Waals surface area contributed by atoms with Crippen molar-refractivity contribution in [3.63, 3.8) is 0 Å². The summed E-state index contributed by atoms with van der Waals surface area (Å²) < 4.78 is 0. The quantitative estimate of drug-likeness (QED) is 0.823. The molecule has 1 aliphatic rings. The molecule has 1 aliphatic carbocycles. The van der Waals surface area contributed by atoms with Crippen molar-refractivity contribution in [3.05, 3.63) is 22.4 Å². The fraction of sp³-hybridized carbons (Fsp3) is 0.643. The first-order chi connectivity index (χ1) is 8.70. The minimum atomic E-state index is 0.242. The van der Waals surface area contributed by atoms with E-state index < -0.39 is 0 Å². The van der Waals surface area contributed by atoms with Crippen LogP contribution >= 0.6 is 11.3 Å². The van der Waals surface area contributed by atoms with Crippen molar-refractivity contribution in [2.45, 2.75) is 51.7 Å². The monoisotopic (exact) mass is 266 g/mol. The number of nitrogens with zero attached hydrogens (tertiary/aromatic N) is 1. The third kappa shape index (κ3) is 3.82. The topological polar surface area (TPSA) is 32.3 Å². The highest BCUT2D eigenvalue weighted by atomic mass is 32.1. The molecule has 1 amide bonds. The minimum Gasteiger partial charge on any atom is -0.333 e. The Balaban J connectivity index is 1.87. The Labute approximate surface area is 113 Å². The number of carbonyl (C=O) groups excluding carboxylic acids is 1. The number of rotatable bonds is 7. The number of thiophene rings is 1. The number of carbonyl (C=O) groups is 1. The molecule has 1 aromatic rings. The average Bonchev–Trinajstić information content (AvgIpc) is 3.09. The Kier molecular flexibility index (Phi) is 4.78. The predicted octanol–water partition coefficient (Wildman–Crippen LogP) is 2.63. The molecule has 4 heteroatoms. The van der Waals surface area contributed by atoms with E-state index in [1.54, 1.807) is 11.3 Å². The molecule has 0 bridgehead atoms. The molecule has 0 saturated heterocycles. The van der Waals surface area contributed by atoms with Gasteiger partial charge in [0.15, 0.2) is 0 Å². The summed E-state index contributed by atoms with van der Waals surface area (Å²) in [7, 11) is 0. The summed E-state index contributed by atoms with van der Waals surface area (Å²) in [6.07, 6.45) is 3.39. The van der Waals surface area contributed by atoms with Crippen LogP contribution in [-0.2, 0) is 11.3 Å². The van der Waals surface area contributed by atoms with E-state index >= 15 is 0 Å². The molecule has 1 aromatic heterocycles. The van der Waals surface area contributed by atoms with E-state index in [-0.39, 0.29) is 5.91 Å². The van der Waals surface area contributed by atoms with Gasteiger partial charge in [-0.1, -0.05) is 13.0 Å². The molecule has 18 heavy (non-hydrogen) atoms. The average molecular weight is 266 g/mol. The molecular formula is C14H22N2OS. The smallest absolute Gasteiger partial charge is 0.237 e. The standard InChI is InChI=1S/C14H22N2OS/c1-3-11(2)15-9-14(17)16(12-6-7-12)10-13-5-4-8-18-13/h4-5,8,11-12,15H,3,6-7,9-10H2,1-2H3. The zero-order chi connectivity index (χ0) is 13.0. The van der Waals surface area contributed by atoms with Crippen LogP contribution in [0.4, 0.5) is 0 Å². The lowest BCUT2D eigenvalue weighted by Crippen LogP contribution is -2.41. The van der Waals surface area contributed by atoms with Crippen LogP contribution in [-0.4, -0.2) is 29.4 Å². The van der Waals surface area contributed by atoms with E-state index in [0.29, 0.717) is 18.6 Å². The molecule has 2 rings (SSSR count). The molecule has 0 radical (unpaired) electrons. The van der Waals surface area contributed by atoms with Crippen LogP contribution in [0.5, 0.6) is 0 Å². The normalized spacial score (nSPS) is 16.6. The van der Waals surface area contributed by atoms with Gasteiger partial charge in [0.1, 0.15) is 0 Å². The number of hydrogen-bond acceptors (Lipinski definition) is 3. The molecule has 1 heterocycles. The first-order valence-corrected chi connectivity index (χ1v) is 7.64. The van der Waals surface area contributed by atoms with E-state index in [9.17, 15) is 4.79 Å². The Morgan fingerprint density at radius 1 is 1.61 bits per heavy atom. The van der Waals surface area contributed by atoms with Crippen LogP contribution in [0, 0.1) is 0 Å². The second-order valence-electron chi connectivity index (χ2n) is 5.02. The summed E-state index contributed by atoms with van der Waals surface area (Å²) in [6.45, 7) is 5.50. The van der Waals surface area contributed by atoms with Gasteiger partial charge in [-0.3, -0.25) is 4.79 Å². The lowest BCUT2D eigenvalue weighted by Gasteiger charge is -2.23. The van der Waals surface area contributed by atoms with Gasteiger partial charge in [0.2, 0.25) is 5.91 Å². The molecule has 1 atom stereocenters. The zero-order valence-corrected chi connectivity index (χ0v) is 12.0. The van der Waals surface area contributed by atoms with Crippen LogP contribution in [0.15, 0.2) is 17.5 Å². The molecule has 1 saturated carbocycles. The fourth-order valence-electron chi connectivity index (χ4n) is 1.88. The van der Waals surface area contributed by atoms with Crippen molar-refractivity contribution in [1.82, 2.24) is 10.2 Å². The largest absolute Gasteiger partial charge is 0.333 e. The summed E-state index contributed by atoms with van der Waals surface area (Å²) in [5.41, 5.74) is 0. The van der Waals surface area contributed by atoms with Gasteiger partial charge in [0, 0.05) is 17.0 Å². The Morgan fingerprint density at radius 2 is 2.39 bits per heavy atom.